The third-order valence-electron chi connectivity index (χ3n) is 7.40. The van der Waals surface area contributed by atoms with Crippen molar-refractivity contribution in [2.24, 2.45) is 0 Å². The molecule has 0 bridgehead atoms. The molecule has 3 aromatic rings. The zero-order chi connectivity index (χ0) is 26.6. The minimum Gasteiger partial charge on any atom is -0.456 e. The number of thiazole rings is 1. The molecule has 192 valence electrons. The lowest BCUT2D eigenvalue weighted by atomic mass is 9.85. The second kappa shape index (κ2) is 11.2. The molecule has 3 aliphatic rings. The smallest absolute Gasteiger partial charge is 0.269 e. The maximum absolute atomic E-state index is 9.78. The molecule has 1 aliphatic carbocycles. The molecule has 0 atom stereocenters. The molecule has 3 heterocycles. The molecule has 0 saturated carbocycles. The highest BCUT2D eigenvalue weighted by molar-refractivity contribution is 7.17. The quantitative estimate of drug-likeness (QED) is 0.252. The molecule has 0 amide bonds. The largest absolute Gasteiger partial charge is 0.456 e. The first-order valence-corrected chi connectivity index (χ1v) is 14.3. The Morgan fingerprint density at radius 2 is 1.69 bits per heavy atom. The van der Waals surface area contributed by atoms with Gasteiger partial charge < -0.3 is 9.64 Å². The Balaban J connectivity index is 1.48. The van der Waals surface area contributed by atoms with Crippen LogP contribution < -0.4 is 4.90 Å². The van der Waals surface area contributed by atoms with Gasteiger partial charge in [-0.25, -0.2) is 15.1 Å². The van der Waals surface area contributed by atoms with E-state index in [4.69, 9.17) is 16.3 Å². The van der Waals surface area contributed by atoms with E-state index >= 15 is 0 Å². The molecule has 39 heavy (non-hydrogen) atoms. The molecular formula is C33H28N4OS. The molecule has 0 unspecified atom stereocenters. The summed E-state index contributed by atoms with van der Waals surface area (Å²) < 4.78 is 6.60. The van der Waals surface area contributed by atoms with Gasteiger partial charge in [0.05, 0.1) is 23.2 Å². The summed E-state index contributed by atoms with van der Waals surface area (Å²) in [4.78, 5) is 12.2. The van der Waals surface area contributed by atoms with E-state index in [0.29, 0.717) is 11.3 Å². The van der Waals surface area contributed by atoms with E-state index in [1.807, 2.05) is 42.5 Å². The molecule has 6 heteroatoms. The Morgan fingerprint density at radius 3 is 2.38 bits per heavy atom. The van der Waals surface area contributed by atoms with Gasteiger partial charge in [-0.2, -0.15) is 0 Å². The maximum atomic E-state index is 9.78. The summed E-state index contributed by atoms with van der Waals surface area (Å²) in [5.74, 6) is 1.44. The molecule has 1 saturated heterocycles. The lowest BCUT2D eigenvalue weighted by molar-refractivity contribution is 0.369. The predicted molar refractivity (Wildman–Crippen MR) is 157 cm³/mol. The van der Waals surface area contributed by atoms with Crippen molar-refractivity contribution in [3.05, 3.63) is 117 Å². The first-order valence-electron chi connectivity index (χ1n) is 13.5. The van der Waals surface area contributed by atoms with Gasteiger partial charge in [0.25, 0.3) is 5.70 Å². The van der Waals surface area contributed by atoms with Crippen molar-refractivity contribution in [1.29, 1.82) is 5.26 Å². The van der Waals surface area contributed by atoms with Gasteiger partial charge in [0, 0.05) is 29.8 Å². The van der Waals surface area contributed by atoms with E-state index < -0.39 is 0 Å². The summed E-state index contributed by atoms with van der Waals surface area (Å²) in [6, 6.07) is 22.4. The number of piperidine rings is 1. The van der Waals surface area contributed by atoms with Crippen molar-refractivity contribution >= 4 is 28.3 Å². The lowest BCUT2D eigenvalue weighted by Crippen LogP contribution is -2.29. The van der Waals surface area contributed by atoms with E-state index in [2.05, 4.69) is 46.2 Å². The standard InChI is InChI=1S/C33H28N4OS/c1-35-28(22-34)27-21-29(23-12-5-2-6-13-23)38-32-25(16-11-17-26(27)32)20-30-31(24-14-7-3-8-15-24)36-33(39-30)37-18-9-4-10-19-37/h2-3,5-8,12-15,20-21H,4,9-11,16-19H2/b25-20+,28-27+. The van der Waals surface area contributed by atoms with Crippen molar-refractivity contribution in [3.63, 3.8) is 0 Å². The van der Waals surface area contributed by atoms with E-state index in [0.717, 1.165) is 76.1 Å². The molecule has 0 N–H and O–H groups in total. The molecular weight excluding hydrogens is 500 g/mol. The second-order valence-electron chi connectivity index (χ2n) is 9.92. The number of anilines is 1. The number of rotatable bonds is 4. The highest BCUT2D eigenvalue weighted by atomic mass is 32.1. The normalized spacial score (nSPS) is 19.5. The van der Waals surface area contributed by atoms with Crippen LogP contribution in [0, 0.1) is 17.9 Å². The molecule has 2 aliphatic heterocycles. The Bertz CT molecular complexity index is 1570. The topological polar surface area (TPSA) is 53.5 Å². The van der Waals surface area contributed by atoms with Crippen LogP contribution in [-0.4, -0.2) is 18.1 Å². The van der Waals surface area contributed by atoms with Crippen molar-refractivity contribution in [2.45, 2.75) is 38.5 Å². The second-order valence-corrected chi connectivity index (χ2v) is 10.9. The highest BCUT2D eigenvalue weighted by Gasteiger charge is 2.29. The summed E-state index contributed by atoms with van der Waals surface area (Å²) in [6.45, 7) is 9.74. The monoisotopic (exact) mass is 528 g/mol. The van der Waals surface area contributed by atoms with Crippen LogP contribution in [0.3, 0.4) is 0 Å². The first kappa shape index (κ1) is 24.9. The minimum absolute atomic E-state index is 0.107. The first-order chi connectivity index (χ1) is 19.2. The van der Waals surface area contributed by atoms with Gasteiger partial charge in [0.2, 0.25) is 0 Å². The van der Waals surface area contributed by atoms with Crippen LogP contribution in [0.4, 0.5) is 5.13 Å². The molecule has 2 aromatic carbocycles. The number of hydrogen-bond acceptors (Lipinski definition) is 5. The summed E-state index contributed by atoms with van der Waals surface area (Å²) in [6.07, 6.45) is 10.3. The Kier molecular flexibility index (Phi) is 7.13. The summed E-state index contributed by atoms with van der Waals surface area (Å²) in [5, 5.41) is 10.8. The van der Waals surface area contributed by atoms with Crippen LogP contribution in [0.5, 0.6) is 0 Å². The SMILES string of the molecule is [C-]#[N+]/C(C#N)=C1\C=C(c2ccccc2)OC2=C1CCC/C2=C\c1sc(N2CCCCC2)nc1-c1ccccc1. The summed E-state index contributed by atoms with van der Waals surface area (Å²) in [5.41, 5.74) is 5.83. The van der Waals surface area contributed by atoms with Crippen molar-refractivity contribution in [3.8, 4) is 17.3 Å². The van der Waals surface area contributed by atoms with E-state index in [1.54, 1.807) is 11.3 Å². The van der Waals surface area contributed by atoms with Gasteiger partial charge in [-0.1, -0.05) is 72.0 Å². The van der Waals surface area contributed by atoms with Gasteiger partial charge in [0.15, 0.2) is 5.13 Å². The molecule has 1 aromatic heterocycles. The molecule has 1 fully saturated rings. The van der Waals surface area contributed by atoms with Crippen LogP contribution in [0.25, 0.3) is 27.9 Å². The third kappa shape index (κ3) is 5.04. The number of allylic oxidation sites excluding steroid dienone is 5. The number of aromatic nitrogens is 1. The molecule has 0 radical (unpaired) electrons. The van der Waals surface area contributed by atoms with Gasteiger partial charge in [-0.05, 0) is 61.8 Å². The van der Waals surface area contributed by atoms with Crippen LogP contribution in [0.1, 0.15) is 49.0 Å². The average molecular weight is 529 g/mol. The van der Waals surface area contributed by atoms with Crippen LogP contribution in [0.2, 0.25) is 0 Å². The van der Waals surface area contributed by atoms with Gasteiger partial charge >= 0.3 is 0 Å². The van der Waals surface area contributed by atoms with E-state index in [1.165, 1.54) is 19.3 Å². The summed E-state index contributed by atoms with van der Waals surface area (Å²) in [7, 11) is 0. The van der Waals surface area contributed by atoms with Crippen LogP contribution in [-0.2, 0) is 4.74 Å². The number of nitrogens with zero attached hydrogens (tertiary/aromatic N) is 4. The minimum atomic E-state index is 0.107. The van der Waals surface area contributed by atoms with E-state index in [-0.39, 0.29) is 5.70 Å². The Labute approximate surface area is 233 Å². The summed E-state index contributed by atoms with van der Waals surface area (Å²) >= 11 is 1.74. The zero-order valence-corrected chi connectivity index (χ0v) is 22.5. The fraction of sp³-hybridized carbons (Fsp3) is 0.242. The van der Waals surface area contributed by atoms with Gasteiger partial charge in [-0.3, -0.25) is 0 Å². The lowest BCUT2D eigenvalue weighted by Gasteiger charge is -2.29. The van der Waals surface area contributed by atoms with Crippen molar-refractivity contribution in [1.82, 2.24) is 4.98 Å². The van der Waals surface area contributed by atoms with E-state index in [9.17, 15) is 5.26 Å². The zero-order valence-electron chi connectivity index (χ0n) is 21.7. The van der Waals surface area contributed by atoms with Crippen molar-refractivity contribution < 1.29 is 4.74 Å². The molecule has 6 rings (SSSR count). The Morgan fingerprint density at radius 1 is 0.974 bits per heavy atom. The Hall–Kier alpha value is -4.39. The van der Waals surface area contributed by atoms with Crippen LogP contribution in [0.15, 0.2) is 94.9 Å². The number of nitriles is 1. The highest BCUT2D eigenvalue weighted by Crippen LogP contribution is 2.45. The average Bonchev–Trinajstić information content (AvgIpc) is 3.43. The van der Waals surface area contributed by atoms with Crippen LogP contribution >= 0.6 is 11.3 Å². The number of benzene rings is 2. The van der Waals surface area contributed by atoms with Gasteiger partial charge in [0.1, 0.15) is 11.5 Å². The third-order valence-corrected chi connectivity index (χ3v) is 8.47. The molecule has 0 spiro atoms. The fourth-order valence-corrected chi connectivity index (χ4v) is 6.56. The fourth-order valence-electron chi connectivity index (χ4n) is 5.46. The number of hydrogen-bond donors (Lipinski definition) is 0. The van der Waals surface area contributed by atoms with Crippen molar-refractivity contribution in [2.75, 3.05) is 18.0 Å². The number of ether oxygens (including phenoxy) is 1. The maximum Gasteiger partial charge on any atom is 0.269 e. The molecule has 5 nitrogen and oxygen atoms in total. The predicted octanol–water partition coefficient (Wildman–Crippen LogP) is 8.39. The van der Waals surface area contributed by atoms with Gasteiger partial charge in [-0.15, -0.1) is 0 Å².